The van der Waals surface area contributed by atoms with Crippen molar-refractivity contribution in [3.05, 3.63) is 22.4 Å². The Hall–Kier alpha value is -1.09. The third kappa shape index (κ3) is 0.886. The molecule has 0 aromatic carbocycles. The van der Waals surface area contributed by atoms with E-state index in [0.717, 1.165) is 16.3 Å². The number of rotatable bonds is 0. The van der Waals surface area contributed by atoms with Gasteiger partial charge in [-0.05, 0) is 17.9 Å². The van der Waals surface area contributed by atoms with Crippen LogP contribution in [0.4, 0.5) is 5.69 Å². The Morgan fingerprint density at radius 2 is 2.45 bits per heavy atom. The van der Waals surface area contributed by atoms with Crippen LogP contribution >= 0.6 is 11.3 Å². The maximum Gasteiger partial charge on any atom is 0.0931 e. The van der Waals surface area contributed by atoms with E-state index >= 15 is 0 Å². The summed E-state index contributed by atoms with van der Waals surface area (Å²) in [5.41, 5.74) is 3.25. The van der Waals surface area contributed by atoms with Gasteiger partial charge in [-0.1, -0.05) is 6.58 Å². The van der Waals surface area contributed by atoms with Crippen LogP contribution in [0.25, 0.3) is 5.70 Å². The zero-order valence-electron chi connectivity index (χ0n) is 6.22. The molecular formula is C8H8N2S. The minimum atomic E-state index is 0.952. The number of nitrogens with one attached hydrogen (secondary N) is 1. The third-order valence-electron chi connectivity index (χ3n) is 1.65. The molecule has 1 aliphatic heterocycles. The Morgan fingerprint density at radius 3 is 3.18 bits per heavy atom. The first-order valence-electron chi connectivity index (χ1n) is 3.35. The number of aryl methyl sites for hydroxylation is 1. The van der Waals surface area contributed by atoms with Crippen molar-refractivity contribution in [3.63, 3.8) is 0 Å². The molecular weight excluding hydrogens is 156 g/mol. The standard InChI is InChI=1S/C8H8N2S/c1-5-3-11-8-6(2)9-4-10-7(5)8/h3-4H,2H2,1H3,(H,9,10). The lowest BCUT2D eigenvalue weighted by atomic mass is 10.2. The van der Waals surface area contributed by atoms with Gasteiger partial charge in [-0.15, -0.1) is 11.3 Å². The van der Waals surface area contributed by atoms with Crippen LogP contribution < -0.4 is 5.32 Å². The molecule has 0 spiro atoms. The molecule has 2 nitrogen and oxygen atoms in total. The molecule has 0 aliphatic carbocycles. The number of thiophene rings is 1. The molecule has 2 heterocycles. The summed E-state index contributed by atoms with van der Waals surface area (Å²) in [7, 11) is 0. The Morgan fingerprint density at radius 1 is 1.64 bits per heavy atom. The molecule has 0 fully saturated rings. The molecule has 0 bridgehead atoms. The smallest absolute Gasteiger partial charge is 0.0931 e. The maximum absolute atomic E-state index is 4.22. The fraction of sp³-hybridized carbons (Fsp3) is 0.125. The Bertz CT molecular complexity index is 336. The van der Waals surface area contributed by atoms with Crippen molar-refractivity contribution < 1.29 is 0 Å². The topological polar surface area (TPSA) is 24.4 Å². The molecule has 0 atom stereocenters. The van der Waals surface area contributed by atoms with Crippen molar-refractivity contribution in [2.75, 3.05) is 0 Å². The molecule has 1 aromatic heterocycles. The van der Waals surface area contributed by atoms with E-state index in [1.165, 1.54) is 5.56 Å². The van der Waals surface area contributed by atoms with Crippen LogP contribution in [0.3, 0.4) is 0 Å². The van der Waals surface area contributed by atoms with E-state index in [-0.39, 0.29) is 0 Å². The molecule has 1 aliphatic rings. The summed E-state index contributed by atoms with van der Waals surface area (Å²) < 4.78 is 0. The minimum Gasteiger partial charge on any atom is -0.346 e. The molecule has 2 rings (SSSR count). The monoisotopic (exact) mass is 164 g/mol. The summed E-state index contributed by atoms with van der Waals surface area (Å²) in [4.78, 5) is 5.37. The van der Waals surface area contributed by atoms with Crippen LogP contribution in [0.1, 0.15) is 10.4 Å². The highest BCUT2D eigenvalue weighted by Gasteiger charge is 2.12. The number of aliphatic imine (C=N–C) groups is 1. The predicted octanol–water partition coefficient (Wildman–Crippen LogP) is 2.29. The van der Waals surface area contributed by atoms with Crippen molar-refractivity contribution >= 4 is 29.1 Å². The molecule has 56 valence electrons. The average Bonchev–Trinajstić information content (AvgIpc) is 2.35. The molecule has 11 heavy (non-hydrogen) atoms. The van der Waals surface area contributed by atoms with E-state index < -0.39 is 0 Å². The zero-order valence-corrected chi connectivity index (χ0v) is 7.03. The first kappa shape index (κ1) is 6.61. The Balaban J connectivity index is 2.66. The summed E-state index contributed by atoms with van der Waals surface area (Å²) in [6.45, 7) is 5.94. The number of fused-ring (bicyclic) bond motifs is 1. The SMILES string of the molecule is C=C1NC=Nc2c(C)csc21. The molecule has 0 amide bonds. The van der Waals surface area contributed by atoms with Gasteiger partial charge in [0.05, 0.1) is 22.6 Å². The lowest BCUT2D eigenvalue weighted by Gasteiger charge is -2.08. The number of nitrogens with zero attached hydrogens (tertiary/aromatic N) is 1. The summed E-state index contributed by atoms with van der Waals surface area (Å²) in [6.07, 6.45) is 1.68. The summed E-state index contributed by atoms with van der Waals surface area (Å²) in [6, 6.07) is 0. The molecule has 1 aromatic rings. The average molecular weight is 164 g/mol. The normalized spacial score (nSPS) is 14.5. The van der Waals surface area contributed by atoms with E-state index in [2.05, 4.69) is 29.2 Å². The molecule has 3 heteroatoms. The van der Waals surface area contributed by atoms with Crippen molar-refractivity contribution in [3.8, 4) is 0 Å². The summed E-state index contributed by atoms with van der Waals surface area (Å²) in [5, 5.41) is 5.07. The largest absolute Gasteiger partial charge is 0.346 e. The van der Waals surface area contributed by atoms with Gasteiger partial charge in [-0.25, -0.2) is 4.99 Å². The van der Waals surface area contributed by atoms with Crippen molar-refractivity contribution in [2.45, 2.75) is 6.92 Å². The van der Waals surface area contributed by atoms with E-state index in [1.807, 2.05) is 0 Å². The second-order valence-electron chi connectivity index (χ2n) is 2.48. The van der Waals surface area contributed by atoms with Gasteiger partial charge in [0, 0.05) is 0 Å². The summed E-state index contributed by atoms with van der Waals surface area (Å²) >= 11 is 1.68. The Labute approximate surface area is 69.3 Å². The van der Waals surface area contributed by atoms with Gasteiger partial charge in [0.1, 0.15) is 0 Å². The quantitative estimate of drug-likeness (QED) is 0.625. The van der Waals surface area contributed by atoms with Crippen LogP contribution in [-0.4, -0.2) is 6.34 Å². The first-order valence-corrected chi connectivity index (χ1v) is 4.23. The van der Waals surface area contributed by atoms with Crippen molar-refractivity contribution in [2.24, 2.45) is 4.99 Å². The van der Waals surface area contributed by atoms with Gasteiger partial charge in [0.2, 0.25) is 0 Å². The number of hydrogen-bond acceptors (Lipinski definition) is 3. The fourth-order valence-corrected chi connectivity index (χ4v) is 1.99. The second kappa shape index (κ2) is 2.20. The maximum atomic E-state index is 4.22. The van der Waals surface area contributed by atoms with Crippen LogP contribution in [0.15, 0.2) is 17.0 Å². The highest BCUT2D eigenvalue weighted by molar-refractivity contribution is 7.11. The van der Waals surface area contributed by atoms with E-state index in [9.17, 15) is 0 Å². The molecule has 0 radical (unpaired) electrons. The highest BCUT2D eigenvalue weighted by atomic mass is 32.1. The van der Waals surface area contributed by atoms with Crippen molar-refractivity contribution in [1.82, 2.24) is 5.32 Å². The number of hydrogen-bond donors (Lipinski definition) is 1. The van der Waals surface area contributed by atoms with Gasteiger partial charge in [-0.2, -0.15) is 0 Å². The molecule has 1 N–H and O–H groups in total. The summed E-state index contributed by atoms with van der Waals surface area (Å²) in [5.74, 6) is 0. The fourth-order valence-electron chi connectivity index (χ4n) is 1.05. The van der Waals surface area contributed by atoms with Gasteiger partial charge in [0.25, 0.3) is 0 Å². The van der Waals surface area contributed by atoms with Crippen LogP contribution in [-0.2, 0) is 0 Å². The molecule has 0 unspecified atom stereocenters. The molecule has 0 saturated heterocycles. The van der Waals surface area contributed by atoms with Crippen LogP contribution in [0.5, 0.6) is 0 Å². The van der Waals surface area contributed by atoms with Gasteiger partial charge >= 0.3 is 0 Å². The van der Waals surface area contributed by atoms with E-state index in [4.69, 9.17) is 0 Å². The Kier molecular flexibility index (Phi) is 1.32. The third-order valence-corrected chi connectivity index (χ3v) is 2.80. The van der Waals surface area contributed by atoms with Crippen LogP contribution in [0, 0.1) is 6.92 Å². The highest BCUT2D eigenvalue weighted by Crippen LogP contribution is 2.35. The first-order chi connectivity index (χ1) is 5.29. The van der Waals surface area contributed by atoms with Crippen LogP contribution in [0.2, 0.25) is 0 Å². The zero-order chi connectivity index (χ0) is 7.84. The second-order valence-corrected chi connectivity index (χ2v) is 3.36. The molecule has 0 saturated carbocycles. The lowest BCUT2D eigenvalue weighted by molar-refractivity contribution is 1.29. The predicted molar refractivity (Wildman–Crippen MR) is 49.4 cm³/mol. The van der Waals surface area contributed by atoms with E-state index in [1.54, 1.807) is 17.7 Å². The minimum absolute atomic E-state index is 0.952. The van der Waals surface area contributed by atoms with Gasteiger partial charge < -0.3 is 5.32 Å². The lowest BCUT2D eigenvalue weighted by Crippen LogP contribution is -2.10. The van der Waals surface area contributed by atoms with Gasteiger partial charge in [0.15, 0.2) is 0 Å². The van der Waals surface area contributed by atoms with Gasteiger partial charge in [-0.3, -0.25) is 0 Å². The van der Waals surface area contributed by atoms with E-state index in [0.29, 0.717) is 0 Å². The van der Waals surface area contributed by atoms with Crippen molar-refractivity contribution in [1.29, 1.82) is 0 Å².